The molecule has 3 aromatic rings. The molecule has 0 saturated heterocycles. The number of rotatable bonds is 1. The zero-order valence-corrected chi connectivity index (χ0v) is 11.8. The fourth-order valence-corrected chi connectivity index (χ4v) is 4.29. The highest BCUT2D eigenvalue weighted by atomic mass is 14.7. The van der Waals surface area contributed by atoms with E-state index >= 15 is 0 Å². The van der Waals surface area contributed by atoms with Crippen LogP contribution < -0.4 is 0 Å². The van der Waals surface area contributed by atoms with E-state index in [1.165, 1.54) is 34.1 Å². The summed E-state index contributed by atoms with van der Waals surface area (Å²) in [5.74, 6) is 1.72. The Morgan fingerprint density at radius 2 is 1.67 bits per heavy atom. The van der Waals surface area contributed by atoms with Crippen molar-refractivity contribution in [3.8, 4) is 0 Å². The molecule has 1 heterocycles. The van der Waals surface area contributed by atoms with Crippen molar-refractivity contribution in [3.05, 3.63) is 83.6 Å². The summed E-state index contributed by atoms with van der Waals surface area (Å²) in [5.41, 5.74) is 5.70. The van der Waals surface area contributed by atoms with E-state index in [9.17, 15) is 0 Å². The van der Waals surface area contributed by atoms with Crippen molar-refractivity contribution in [1.82, 2.24) is 4.98 Å². The third-order valence-corrected chi connectivity index (χ3v) is 5.16. The summed E-state index contributed by atoms with van der Waals surface area (Å²) in [7, 11) is 0. The van der Waals surface area contributed by atoms with Crippen LogP contribution >= 0.6 is 0 Å². The van der Waals surface area contributed by atoms with Crippen molar-refractivity contribution >= 4 is 10.9 Å². The molecule has 2 aromatic carbocycles. The van der Waals surface area contributed by atoms with E-state index in [4.69, 9.17) is 0 Å². The summed E-state index contributed by atoms with van der Waals surface area (Å²) >= 11 is 0. The van der Waals surface area contributed by atoms with Crippen molar-refractivity contribution in [2.75, 3.05) is 0 Å². The Morgan fingerprint density at radius 1 is 0.857 bits per heavy atom. The Bertz CT molecular complexity index is 841. The summed E-state index contributed by atoms with van der Waals surface area (Å²) in [5, 5.41) is 1.40. The minimum Gasteiger partial charge on any atom is -0.358 e. The van der Waals surface area contributed by atoms with Crippen LogP contribution in [-0.2, 0) is 0 Å². The molecule has 2 bridgehead atoms. The molecule has 2 aliphatic rings. The molecule has 0 spiro atoms. The van der Waals surface area contributed by atoms with Gasteiger partial charge in [0.2, 0.25) is 0 Å². The number of para-hydroxylation sites is 1. The van der Waals surface area contributed by atoms with E-state index in [0.29, 0.717) is 17.8 Å². The number of hydrogen-bond acceptors (Lipinski definition) is 0. The van der Waals surface area contributed by atoms with E-state index in [1.807, 2.05) is 0 Å². The van der Waals surface area contributed by atoms with Crippen LogP contribution in [0.15, 0.2) is 66.7 Å². The maximum atomic E-state index is 3.69. The molecule has 2 aliphatic carbocycles. The van der Waals surface area contributed by atoms with Crippen molar-refractivity contribution < 1.29 is 0 Å². The van der Waals surface area contributed by atoms with E-state index in [2.05, 4.69) is 71.7 Å². The second-order valence-corrected chi connectivity index (χ2v) is 6.28. The van der Waals surface area contributed by atoms with Crippen LogP contribution in [0.2, 0.25) is 0 Å². The van der Waals surface area contributed by atoms with Gasteiger partial charge in [0, 0.05) is 28.4 Å². The molecule has 5 rings (SSSR count). The second kappa shape index (κ2) is 4.11. The van der Waals surface area contributed by atoms with Crippen LogP contribution in [0.3, 0.4) is 0 Å². The lowest BCUT2D eigenvalue weighted by molar-refractivity contribution is 0.495. The van der Waals surface area contributed by atoms with E-state index < -0.39 is 0 Å². The number of hydrogen-bond donors (Lipinski definition) is 1. The fourth-order valence-electron chi connectivity index (χ4n) is 4.29. The highest BCUT2D eigenvalue weighted by Crippen LogP contribution is 2.52. The molecular weight excluding hydrogens is 254 g/mol. The van der Waals surface area contributed by atoms with Gasteiger partial charge in [-0.2, -0.15) is 0 Å². The first-order valence-electron chi connectivity index (χ1n) is 7.75. The summed E-state index contributed by atoms with van der Waals surface area (Å²) in [4.78, 5) is 3.69. The predicted octanol–water partition coefficient (Wildman–Crippen LogP) is 4.97. The van der Waals surface area contributed by atoms with Gasteiger partial charge in [0.05, 0.1) is 0 Å². The van der Waals surface area contributed by atoms with Gasteiger partial charge < -0.3 is 4.98 Å². The lowest BCUT2D eigenvalue weighted by Crippen LogP contribution is -2.18. The standard InChI is InChI=1S/C20H17N/c1-2-6-13(7-3-1)18-14-10-11-15(12-14)20-19(18)16-8-4-5-9-17(16)21-20/h1-11,14-15,18,21H,12H2/t14-,15+,18-/m1/s1. The summed E-state index contributed by atoms with van der Waals surface area (Å²) in [6.07, 6.45) is 6.09. The molecule has 21 heavy (non-hydrogen) atoms. The molecule has 0 radical (unpaired) electrons. The first-order valence-corrected chi connectivity index (χ1v) is 7.75. The van der Waals surface area contributed by atoms with Crippen LogP contribution in [0.25, 0.3) is 10.9 Å². The maximum Gasteiger partial charge on any atom is 0.0459 e. The SMILES string of the molecule is C1=C[C@H]2C[C@@H]1[C@@H](c1ccccc1)c1c2[nH]c2ccccc12. The van der Waals surface area contributed by atoms with Crippen LogP contribution in [-0.4, -0.2) is 4.98 Å². The van der Waals surface area contributed by atoms with Gasteiger partial charge in [-0.05, 0) is 29.5 Å². The molecule has 1 N–H and O–H groups in total. The zero-order chi connectivity index (χ0) is 13.8. The van der Waals surface area contributed by atoms with Gasteiger partial charge in [0.1, 0.15) is 0 Å². The Kier molecular flexibility index (Phi) is 2.23. The first kappa shape index (κ1) is 11.4. The van der Waals surface area contributed by atoms with Crippen LogP contribution in [0.4, 0.5) is 0 Å². The highest BCUT2D eigenvalue weighted by molar-refractivity contribution is 5.86. The Hall–Kier alpha value is -2.28. The number of allylic oxidation sites excluding steroid dienone is 2. The van der Waals surface area contributed by atoms with Gasteiger partial charge >= 0.3 is 0 Å². The lowest BCUT2D eigenvalue weighted by atomic mass is 9.73. The number of aromatic amines is 1. The Balaban J connectivity index is 1.83. The van der Waals surface area contributed by atoms with Gasteiger partial charge in [-0.3, -0.25) is 0 Å². The molecular formula is C20H17N. The van der Waals surface area contributed by atoms with E-state index in [0.717, 1.165) is 0 Å². The van der Waals surface area contributed by atoms with Crippen LogP contribution in [0.1, 0.15) is 35.1 Å². The molecule has 1 heteroatoms. The van der Waals surface area contributed by atoms with E-state index in [1.54, 1.807) is 0 Å². The van der Waals surface area contributed by atoms with Crippen molar-refractivity contribution in [3.63, 3.8) is 0 Å². The Labute approximate surface area is 124 Å². The van der Waals surface area contributed by atoms with Gasteiger partial charge in [0.15, 0.2) is 0 Å². The fraction of sp³-hybridized carbons (Fsp3) is 0.200. The van der Waals surface area contributed by atoms with E-state index in [-0.39, 0.29) is 0 Å². The second-order valence-electron chi connectivity index (χ2n) is 6.28. The average Bonchev–Trinajstić information content (AvgIpc) is 3.13. The summed E-state index contributed by atoms with van der Waals surface area (Å²) in [6, 6.07) is 19.7. The molecule has 3 atom stereocenters. The number of fused-ring (bicyclic) bond motifs is 6. The highest BCUT2D eigenvalue weighted by Gasteiger charge is 2.39. The minimum absolute atomic E-state index is 0.493. The third-order valence-electron chi connectivity index (χ3n) is 5.16. The average molecular weight is 271 g/mol. The largest absolute Gasteiger partial charge is 0.358 e. The van der Waals surface area contributed by atoms with Gasteiger partial charge in [-0.15, -0.1) is 0 Å². The lowest BCUT2D eigenvalue weighted by Gasteiger charge is -2.30. The van der Waals surface area contributed by atoms with Crippen molar-refractivity contribution in [2.45, 2.75) is 18.3 Å². The monoisotopic (exact) mass is 271 g/mol. The van der Waals surface area contributed by atoms with Gasteiger partial charge in [-0.1, -0.05) is 60.7 Å². The van der Waals surface area contributed by atoms with Gasteiger partial charge in [0.25, 0.3) is 0 Å². The molecule has 0 aliphatic heterocycles. The topological polar surface area (TPSA) is 15.8 Å². The van der Waals surface area contributed by atoms with Crippen molar-refractivity contribution in [2.24, 2.45) is 5.92 Å². The number of nitrogens with one attached hydrogen (secondary N) is 1. The maximum absolute atomic E-state index is 3.69. The smallest absolute Gasteiger partial charge is 0.0459 e. The molecule has 1 nitrogen and oxygen atoms in total. The first-order chi connectivity index (χ1) is 10.4. The normalized spacial score (nSPS) is 26.2. The molecule has 0 saturated carbocycles. The quantitative estimate of drug-likeness (QED) is 0.601. The minimum atomic E-state index is 0.493. The number of benzene rings is 2. The van der Waals surface area contributed by atoms with Crippen LogP contribution in [0.5, 0.6) is 0 Å². The van der Waals surface area contributed by atoms with Crippen molar-refractivity contribution in [1.29, 1.82) is 0 Å². The zero-order valence-electron chi connectivity index (χ0n) is 11.8. The number of H-pyrrole nitrogens is 1. The van der Waals surface area contributed by atoms with Crippen LogP contribution in [0, 0.1) is 5.92 Å². The predicted molar refractivity (Wildman–Crippen MR) is 86.6 cm³/mol. The Morgan fingerprint density at radius 3 is 2.57 bits per heavy atom. The molecule has 1 aromatic heterocycles. The molecule has 102 valence electrons. The molecule has 0 fully saturated rings. The molecule has 0 amide bonds. The summed E-state index contributed by atoms with van der Waals surface area (Å²) in [6.45, 7) is 0. The van der Waals surface area contributed by atoms with Gasteiger partial charge in [-0.25, -0.2) is 0 Å². The number of aromatic nitrogens is 1. The third kappa shape index (κ3) is 1.52. The summed E-state index contributed by atoms with van der Waals surface area (Å²) < 4.78 is 0. The molecule has 0 unspecified atom stereocenters.